The van der Waals surface area contributed by atoms with E-state index in [1.54, 1.807) is 18.1 Å². The minimum atomic E-state index is 0.532. The van der Waals surface area contributed by atoms with Crippen molar-refractivity contribution in [1.82, 2.24) is 29.9 Å². The number of thioether (sulfide) groups is 1. The van der Waals surface area contributed by atoms with Gasteiger partial charge in [-0.15, -0.1) is 11.8 Å². The molecule has 0 saturated heterocycles. The van der Waals surface area contributed by atoms with Gasteiger partial charge in [0.05, 0.1) is 29.3 Å². The van der Waals surface area contributed by atoms with Gasteiger partial charge in [-0.25, -0.2) is 9.97 Å². The van der Waals surface area contributed by atoms with Crippen molar-refractivity contribution in [3.8, 4) is 0 Å². The SMILES string of the molecule is CSc1cc(Cc2noc(Cc3c(C)nn(C)c3C)n2)ncn1. The van der Waals surface area contributed by atoms with E-state index < -0.39 is 0 Å². The minimum absolute atomic E-state index is 0.532. The maximum atomic E-state index is 5.37. The Hall–Kier alpha value is -2.22. The van der Waals surface area contributed by atoms with E-state index in [-0.39, 0.29) is 0 Å². The Balaban J connectivity index is 1.75. The molecule has 0 saturated carbocycles. The predicted octanol–water partition coefficient (Wildman–Crippen LogP) is 2.11. The fraction of sp³-hybridized carbons (Fsp3) is 0.400. The molecule has 0 spiro atoms. The standard InChI is InChI=1S/C15H18N6OS/c1-9-12(10(2)21(3)19-9)7-14-18-13(20-22-14)5-11-6-15(23-4)17-8-16-11/h6,8H,5,7H2,1-4H3. The number of nitrogens with zero attached hydrogens (tertiary/aromatic N) is 6. The van der Waals surface area contributed by atoms with Crippen LogP contribution in [0.25, 0.3) is 0 Å². The third kappa shape index (κ3) is 3.42. The molecule has 3 aromatic rings. The molecule has 0 aliphatic carbocycles. The lowest BCUT2D eigenvalue weighted by atomic mass is 10.1. The third-order valence-corrected chi connectivity index (χ3v) is 4.39. The van der Waals surface area contributed by atoms with Gasteiger partial charge in [0.25, 0.3) is 0 Å². The summed E-state index contributed by atoms with van der Waals surface area (Å²) in [5.41, 5.74) is 4.12. The van der Waals surface area contributed by atoms with Crippen LogP contribution in [-0.2, 0) is 19.9 Å². The first-order valence-electron chi connectivity index (χ1n) is 7.22. The van der Waals surface area contributed by atoms with Crippen molar-refractivity contribution in [2.75, 3.05) is 6.26 Å². The predicted molar refractivity (Wildman–Crippen MR) is 86.4 cm³/mol. The zero-order valence-electron chi connectivity index (χ0n) is 13.6. The Morgan fingerprint density at radius 3 is 2.74 bits per heavy atom. The van der Waals surface area contributed by atoms with E-state index in [1.807, 2.05) is 37.9 Å². The fourth-order valence-electron chi connectivity index (χ4n) is 2.41. The van der Waals surface area contributed by atoms with Crippen LogP contribution in [-0.4, -0.2) is 36.1 Å². The molecule has 0 unspecified atom stereocenters. The molecule has 3 heterocycles. The minimum Gasteiger partial charge on any atom is -0.339 e. The second kappa shape index (κ2) is 6.49. The highest BCUT2D eigenvalue weighted by molar-refractivity contribution is 7.98. The van der Waals surface area contributed by atoms with E-state index in [2.05, 4.69) is 25.2 Å². The largest absolute Gasteiger partial charge is 0.339 e. The summed E-state index contributed by atoms with van der Waals surface area (Å²) in [5.74, 6) is 1.23. The summed E-state index contributed by atoms with van der Waals surface area (Å²) in [6.07, 6.45) is 4.67. The molecule has 0 radical (unpaired) electrons. The average Bonchev–Trinajstić information content (AvgIpc) is 3.07. The van der Waals surface area contributed by atoms with Crippen LogP contribution in [0.2, 0.25) is 0 Å². The molecule has 0 atom stereocenters. The molecule has 3 aromatic heterocycles. The van der Waals surface area contributed by atoms with Gasteiger partial charge in [0.2, 0.25) is 5.89 Å². The van der Waals surface area contributed by atoms with Crippen molar-refractivity contribution in [3.05, 3.63) is 46.8 Å². The molecule has 7 nitrogen and oxygen atoms in total. The molecule has 0 aromatic carbocycles. The summed E-state index contributed by atoms with van der Waals surface area (Å²) in [4.78, 5) is 12.9. The molecule has 0 aliphatic rings. The lowest BCUT2D eigenvalue weighted by Crippen LogP contribution is -1.97. The number of rotatable bonds is 5. The summed E-state index contributed by atoms with van der Waals surface area (Å²) in [6, 6.07) is 1.94. The maximum absolute atomic E-state index is 5.37. The fourth-order valence-corrected chi connectivity index (χ4v) is 2.81. The van der Waals surface area contributed by atoms with Crippen molar-refractivity contribution in [1.29, 1.82) is 0 Å². The van der Waals surface area contributed by atoms with E-state index in [9.17, 15) is 0 Å². The Morgan fingerprint density at radius 2 is 2.04 bits per heavy atom. The smallest absolute Gasteiger partial charge is 0.231 e. The Labute approximate surface area is 138 Å². The summed E-state index contributed by atoms with van der Waals surface area (Å²) < 4.78 is 7.24. The Bertz CT molecular complexity index is 825. The average molecular weight is 330 g/mol. The van der Waals surface area contributed by atoms with Crippen LogP contribution in [0.15, 0.2) is 21.9 Å². The van der Waals surface area contributed by atoms with Gasteiger partial charge in [0.15, 0.2) is 5.82 Å². The number of hydrogen-bond acceptors (Lipinski definition) is 7. The highest BCUT2D eigenvalue weighted by Crippen LogP contribution is 2.17. The first-order chi connectivity index (χ1) is 11.1. The Morgan fingerprint density at radius 1 is 1.22 bits per heavy atom. The quantitative estimate of drug-likeness (QED) is 0.523. The zero-order chi connectivity index (χ0) is 16.4. The van der Waals surface area contributed by atoms with Crippen LogP contribution in [0.3, 0.4) is 0 Å². The molecule has 0 N–H and O–H groups in total. The van der Waals surface area contributed by atoms with E-state index in [4.69, 9.17) is 4.52 Å². The van der Waals surface area contributed by atoms with Crippen LogP contribution in [0.5, 0.6) is 0 Å². The molecule has 23 heavy (non-hydrogen) atoms. The maximum Gasteiger partial charge on any atom is 0.231 e. The van der Waals surface area contributed by atoms with Gasteiger partial charge < -0.3 is 4.52 Å². The van der Waals surface area contributed by atoms with Gasteiger partial charge in [0.1, 0.15) is 6.33 Å². The van der Waals surface area contributed by atoms with Gasteiger partial charge in [-0.3, -0.25) is 4.68 Å². The highest BCUT2D eigenvalue weighted by atomic mass is 32.2. The van der Waals surface area contributed by atoms with Gasteiger partial charge in [-0.05, 0) is 26.2 Å². The van der Waals surface area contributed by atoms with Crippen LogP contribution < -0.4 is 0 Å². The second-order valence-corrected chi connectivity index (χ2v) is 6.11. The summed E-state index contributed by atoms with van der Waals surface area (Å²) in [5, 5.41) is 9.39. The van der Waals surface area contributed by atoms with E-state index in [1.165, 1.54) is 0 Å². The van der Waals surface area contributed by atoms with E-state index in [0.29, 0.717) is 24.6 Å². The van der Waals surface area contributed by atoms with E-state index >= 15 is 0 Å². The van der Waals surface area contributed by atoms with Gasteiger partial charge in [0, 0.05) is 18.3 Å². The van der Waals surface area contributed by atoms with Crippen molar-refractivity contribution in [3.63, 3.8) is 0 Å². The number of hydrogen-bond donors (Lipinski definition) is 0. The van der Waals surface area contributed by atoms with Crippen molar-refractivity contribution >= 4 is 11.8 Å². The molecule has 8 heteroatoms. The van der Waals surface area contributed by atoms with Crippen molar-refractivity contribution < 1.29 is 4.52 Å². The molecule has 3 rings (SSSR count). The Kier molecular flexibility index (Phi) is 4.42. The van der Waals surface area contributed by atoms with E-state index in [0.717, 1.165) is 27.7 Å². The zero-order valence-corrected chi connectivity index (χ0v) is 14.4. The number of aromatic nitrogens is 6. The molecule has 0 fully saturated rings. The molecule has 120 valence electrons. The lowest BCUT2D eigenvalue weighted by molar-refractivity contribution is 0.379. The second-order valence-electron chi connectivity index (χ2n) is 5.28. The topological polar surface area (TPSA) is 82.5 Å². The molecular weight excluding hydrogens is 312 g/mol. The van der Waals surface area contributed by atoms with Crippen LogP contribution >= 0.6 is 11.8 Å². The molecular formula is C15H18N6OS. The van der Waals surface area contributed by atoms with Crippen LogP contribution in [0.1, 0.15) is 34.4 Å². The highest BCUT2D eigenvalue weighted by Gasteiger charge is 2.15. The summed E-state index contributed by atoms with van der Waals surface area (Å²) in [7, 11) is 1.93. The van der Waals surface area contributed by atoms with Crippen molar-refractivity contribution in [2.45, 2.75) is 31.7 Å². The number of aryl methyl sites for hydroxylation is 2. The van der Waals surface area contributed by atoms with Gasteiger partial charge in [-0.1, -0.05) is 5.16 Å². The first-order valence-corrected chi connectivity index (χ1v) is 8.44. The molecule has 0 aliphatic heterocycles. The monoisotopic (exact) mass is 330 g/mol. The van der Waals surface area contributed by atoms with Gasteiger partial charge in [-0.2, -0.15) is 10.1 Å². The lowest BCUT2D eigenvalue weighted by Gasteiger charge is -1.98. The normalized spacial score (nSPS) is 11.1. The van der Waals surface area contributed by atoms with Crippen LogP contribution in [0.4, 0.5) is 0 Å². The first kappa shape index (κ1) is 15.7. The van der Waals surface area contributed by atoms with Crippen molar-refractivity contribution in [2.24, 2.45) is 7.05 Å². The van der Waals surface area contributed by atoms with Crippen LogP contribution in [0, 0.1) is 13.8 Å². The third-order valence-electron chi connectivity index (χ3n) is 3.74. The molecule has 0 bridgehead atoms. The summed E-state index contributed by atoms with van der Waals surface area (Å²) in [6.45, 7) is 4.03. The molecule has 0 amide bonds. The van der Waals surface area contributed by atoms with Gasteiger partial charge >= 0.3 is 0 Å². The summed E-state index contributed by atoms with van der Waals surface area (Å²) >= 11 is 1.58.